The molecule has 0 saturated carbocycles. The van der Waals surface area contributed by atoms with E-state index in [1.807, 2.05) is 48.5 Å². The van der Waals surface area contributed by atoms with E-state index >= 15 is 0 Å². The Morgan fingerprint density at radius 2 is 1.71 bits per heavy atom. The van der Waals surface area contributed by atoms with Gasteiger partial charge in [-0.2, -0.15) is 0 Å². The standard InChI is InChI=1S/C19H17ClN2OS/c20-15-8-10-16(11-9-15)22-19(24)21-12-13-23-18-7-3-5-14-4-1-2-6-17(14)18/h1-11H,12-13H2,(H2,21,22,24). The molecule has 2 N–H and O–H groups in total. The average molecular weight is 357 g/mol. The van der Waals surface area contributed by atoms with Crippen molar-refractivity contribution in [1.82, 2.24) is 5.32 Å². The van der Waals surface area contributed by atoms with Crippen molar-refractivity contribution in [2.75, 3.05) is 18.5 Å². The Hall–Kier alpha value is -2.30. The third-order valence-electron chi connectivity index (χ3n) is 3.50. The summed E-state index contributed by atoms with van der Waals surface area (Å²) in [4.78, 5) is 0. The summed E-state index contributed by atoms with van der Waals surface area (Å²) in [5, 5.41) is 9.76. The van der Waals surface area contributed by atoms with Crippen LogP contribution in [0.4, 0.5) is 5.69 Å². The Morgan fingerprint density at radius 3 is 2.54 bits per heavy atom. The molecule has 0 unspecified atom stereocenters. The molecule has 0 aliphatic rings. The molecule has 3 rings (SSSR count). The normalized spacial score (nSPS) is 10.4. The molecule has 0 fully saturated rings. The lowest BCUT2D eigenvalue weighted by molar-refractivity contribution is 0.326. The maximum atomic E-state index is 5.87. The van der Waals surface area contributed by atoms with Gasteiger partial charge >= 0.3 is 0 Å². The molecule has 0 heterocycles. The van der Waals surface area contributed by atoms with E-state index in [0.717, 1.165) is 16.8 Å². The topological polar surface area (TPSA) is 33.3 Å². The number of hydrogen-bond donors (Lipinski definition) is 2. The van der Waals surface area contributed by atoms with Gasteiger partial charge in [0.2, 0.25) is 0 Å². The Labute approximate surface area is 151 Å². The largest absolute Gasteiger partial charge is 0.491 e. The summed E-state index contributed by atoms with van der Waals surface area (Å²) in [5.74, 6) is 0.881. The number of anilines is 1. The van der Waals surface area contributed by atoms with Gasteiger partial charge in [0.05, 0.1) is 6.54 Å². The first-order chi connectivity index (χ1) is 11.7. The summed E-state index contributed by atoms with van der Waals surface area (Å²) in [6.45, 7) is 1.14. The smallest absolute Gasteiger partial charge is 0.170 e. The molecule has 0 aromatic heterocycles. The van der Waals surface area contributed by atoms with Gasteiger partial charge in [-0.15, -0.1) is 0 Å². The van der Waals surface area contributed by atoms with Gasteiger partial charge < -0.3 is 15.4 Å². The average Bonchev–Trinajstić information content (AvgIpc) is 2.61. The van der Waals surface area contributed by atoms with Crippen LogP contribution in [0.5, 0.6) is 5.75 Å². The van der Waals surface area contributed by atoms with Gasteiger partial charge in [0.1, 0.15) is 12.4 Å². The summed E-state index contributed by atoms with van der Waals surface area (Å²) in [6.07, 6.45) is 0. The van der Waals surface area contributed by atoms with Crippen molar-refractivity contribution in [3.8, 4) is 5.75 Å². The Bertz CT molecular complexity index is 831. The van der Waals surface area contributed by atoms with Crippen molar-refractivity contribution in [2.24, 2.45) is 0 Å². The van der Waals surface area contributed by atoms with Crippen molar-refractivity contribution in [3.05, 3.63) is 71.8 Å². The number of ether oxygens (including phenoxy) is 1. The maximum absolute atomic E-state index is 5.87. The minimum Gasteiger partial charge on any atom is -0.491 e. The summed E-state index contributed by atoms with van der Waals surface area (Å²) in [5.41, 5.74) is 0.895. The van der Waals surface area contributed by atoms with Crippen LogP contribution in [-0.2, 0) is 0 Å². The Kier molecular flexibility index (Phi) is 5.51. The highest BCUT2D eigenvalue weighted by Gasteiger charge is 2.01. The highest BCUT2D eigenvalue weighted by molar-refractivity contribution is 7.80. The molecule has 3 aromatic carbocycles. The van der Waals surface area contributed by atoms with Crippen LogP contribution in [-0.4, -0.2) is 18.3 Å². The summed E-state index contributed by atoms with van der Waals surface area (Å²) >= 11 is 11.1. The van der Waals surface area contributed by atoms with Gasteiger partial charge in [-0.1, -0.05) is 48.0 Å². The second-order valence-electron chi connectivity index (χ2n) is 5.21. The first-order valence-electron chi connectivity index (χ1n) is 7.63. The van der Waals surface area contributed by atoms with E-state index < -0.39 is 0 Å². The molecule has 24 heavy (non-hydrogen) atoms. The summed E-state index contributed by atoms with van der Waals surface area (Å²) in [6, 6.07) is 21.6. The predicted molar refractivity (Wildman–Crippen MR) is 105 cm³/mol. The van der Waals surface area contributed by atoms with Crippen LogP contribution >= 0.6 is 23.8 Å². The van der Waals surface area contributed by atoms with Crippen LogP contribution in [0.2, 0.25) is 5.02 Å². The molecule has 0 aliphatic carbocycles. The van der Waals surface area contributed by atoms with E-state index in [9.17, 15) is 0 Å². The molecule has 3 aromatic rings. The van der Waals surface area contributed by atoms with E-state index in [4.69, 9.17) is 28.6 Å². The van der Waals surface area contributed by atoms with Gasteiger partial charge in [0, 0.05) is 16.1 Å². The highest BCUT2D eigenvalue weighted by atomic mass is 35.5. The van der Waals surface area contributed by atoms with Gasteiger partial charge in [-0.3, -0.25) is 0 Å². The van der Waals surface area contributed by atoms with Crippen LogP contribution in [0.3, 0.4) is 0 Å². The van der Waals surface area contributed by atoms with E-state index in [0.29, 0.717) is 23.3 Å². The van der Waals surface area contributed by atoms with Crippen LogP contribution in [0.25, 0.3) is 10.8 Å². The number of nitrogens with one attached hydrogen (secondary N) is 2. The molecule has 5 heteroatoms. The molecule has 0 amide bonds. The van der Waals surface area contributed by atoms with E-state index in [1.165, 1.54) is 5.39 Å². The minimum absolute atomic E-state index is 0.524. The fourth-order valence-electron chi connectivity index (χ4n) is 2.36. The summed E-state index contributed by atoms with van der Waals surface area (Å²) in [7, 11) is 0. The second-order valence-corrected chi connectivity index (χ2v) is 6.06. The highest BCUT2D eigenvalue weighted by Crippen LogP contribution is 2.24. The number of fused-ring (bicyclic) bond motifs is 1. The third-order valence-corrected chi connectivity index (χ3v) is 4.00. The molecule has 3 nitrogen and oxygen atoms in total. The number of thiocarbonyl (C=S) groups is 1. The predicted octanol–water partition coefficient (Wildman–Crippen LogP) is 4.86. The lowest BCUT2D eigenvalue weighted by Gasteiger charge is -2.12. The first kappa shape index (κ1) is 16.6. The molecule has 0 radical (unpaired) electrons. The van der Waals surface area contributed by atoms with Crippen molar-refractivity contribution in [1.29, 1.82) is 0 Å². The SMILES string of the molecule is S=C(NCCOc1cccc2ccccc12)Nc1ccc(Cl)cc1. The van der Waals surface area contributed by atoms with Crippen molar-refractivity contribution >= 4 is 45.4 Å². The zero-order valence-corrected chi connectivity index (χ0v) is 14.5. The van der Waals surface area contributed by atoms with Crippen molar-refractivity contribution in [3.63, 3.8) is 0 Å². The number of rotatable bonds is 5. The first-order valence-corrected chi connectivity index (χ1v) is 8.42. The zero-order chi connectivity index (χ0) is 16.8. The van der Waals surface area contributed by atoms with Crippen molar-refractivity contribution < 1.29 is 4.74 Å². The zero-order valence-electron chi connectivity index (χ0n) is 13.0. The van der Waals surface area contributed by atoms with Crippen LogP contribution in [0, 0.1) is 0 Å². The van der Waals surface area contributed by atoms with E-state index in [1.54, 1.807) is 0 Å². The maximum Gasteiger partial charge on any atom is 0.170 e. The van der Waals surface area contributed by atoms with E-state index in [-0.39, 0.29) is 0 Å². The number of hydrogen-bond acceptors (Lipinski definition) is 2. The van der Waals surface area contributed by atoms with Gasteiger partial charge in [0.15, 0.2) is 5.11 Å². The molecular weight excluding hydrogens is 340 g/mol. The van der Waals surface area contributed by atoms with Gasteiger partial charge in [0.25, 0.3) is 0 Å². The third kappa shape index (κ3) is 4.37. The molecule has 0 bridgehead atoms. The molecule has 0 spiro atoms. The quantitative estimate of drug-likeness (QED) is 0.505. The molecule has 0 saturated heterocycles. The van der Waals surface area contributed by atoms with Crippen LogP contribution in [0.15, 0.2) is 66.7 Å². The van der Waals surface area contributed by atoms with Crippen LogP contribution in [0.1, 0.15) is 0 Å². The minimum atomic E-state index is 0.524. The fourth-order valence-corrected chi connectivity index (χ4v) is 2.70. The number of benzene rings is 3. The van der Waals surface area contributed by atoms with Crippen molar-refractivity contribution in [2.45, 2.75) is 0 Å². The molecule has 0 atom stereocenters. The molecule has 122 valence electrons. The second kappa shape index (κ2) is 7.99. The van der Waals surface area contributed by atoms with Crippen LogP contribution < -0.4 is 15.4 Å². The van der Waals surface area contributed by atoms with Gasteiger partial charge in [-0.05, 0) is 47.9 Å². The Balaban J connectivity index is 1.48. The van der Waals surface area contributed by atoms with E-state index in [2.05, 4.69) is 28.8 Å². The summed E-state index contributed by atoms with van der Waals surface area (Å²) < 4.78 is 5.87. The lowest BCUT2D eigenvalue weighted by Crippen LogP contribution is -2.31. The molecule has 0 aliphatic heterocycles. The fraction of sp³-hybridized carbons (Fsp3) is 0.105. The molecular formula is C19H17ClN2OS. The van der Waals surface area contributed by atoms with Gasteiger partial charge in [-0.25, -0.2) is 0 Å². The monoisotopic (exact) mass is 356 g/mol. The Morgan fingerprint density at radius 1 is 0.958 bits per heavy atom. The number of halogens is 1. The lowest BCUT2D eigenvalue weighted by atomic mass is 10.1.